The van der Waals surface area contributed by atoms with Gasteiger partial charge in [0.05, 0.1) is 6.54 Å². The number of hydrogen-bond donors (Lipinski definition) is 1. The maximum atomic E-state index is 12.4. The van der Waals surface area contributed by atoms with Crippen molar-refractivity contribution in [2.24, 2.45) is 4.99 Å². The van der Waals surface area contributed by atoms with Gasteiger partial charge in [0.2, 0.25) is 0 Å². The van der Waals surface area contributed by atoms with Crippen LogP contribution in [0.2, 0.25) is 0 Å². The minimum atomic E-state index is 0.0852. The van der Waals surface area contributed by atoms with Gasteiger partial charge in [-0.25, -0.2) is 4.99 Å². The first kappa shape index (κ1) is 19.9. The number of guanidine groups is 1. The quantitative estimate of drug-likeness (QED) is 0.616. The predicted molar refractivity (Wildman–Crippen MR) is 116 cm³/mol. The lowest BCUT2D eigenvalue weighted by Crippen LogP contribution is -2.40. The van der Waals surface area contributed by atoms with Crippen molar-refractivity contribution in [3.63, 3.8) is 0 Å². The van der Waals surface area contributed by atoms with E-state index in [0.717, 1.165) is 49.7 Å². The van der Waals surface area contributed by atoms with E-state index in [2.05, 4.69) is 41.4 Å². The van der Waals surface area contributed by atoms with E-state index >= 15 is 0 Å². The van der Waals surface area contributed by atoms with Crippen LogP contribution in [0, 0.1) is 0 Å². The number of benzene rings is 2. The van der Waals surface area contributed by atoms with Crippen molar-refractivity contribution in [2.75, 3.05) is 31.1 Å². The molecule has 0 spiro atoms. The number of amides is 1. The molecule has 0 aliphatic carbocycles. The summed E-state index contributed by atoms with van der Waals surface area (Å²) < 4.78 is 0. The van der Waals surface area contributed by atoms with E-state index in [9.17, 15) is 4.79 Å². The third kappa shape index (κ3) is 4.35. The summed E-state index contributed by atoms with van der Waals surface area (Å²) >= 11 is 0. The van der Waals surface area contributed by atoms with Crippen LogP contribution in [-0.4, -0.2) is 42.9 Å². The smallest absolute Gasteiger partial charge is 0.253 e. The first-order valence-electron chi connectivity index (χ1n) is 10.2. The number of para-hydroxylation sites is 1. The van der Waals surface area contributed by atoms with E-state index in [1.807, 2.05) is 43.0 Å². The number of nitrogens with one attached hydrogen (secondary N) is 1. The Morgan fingerprint density at radius 3 is 2.46 bits per heavy atom. The zero-order valence-electron chi connectivity index (χ0n) is 17.1. The van der Waals surface area contributed by atoms with Gasteiger partial charge in [0.1, 0.15) is 0 Å². The van der Waals surface area contributed by atoms with E-state index < -0.39 is 0 Å². The number of rotatable bonds is 6. The average molecular weight is 379 g/mol. The molecule has 0 unspecified atom stereocenters. The molecule has 0 radical (unpaired) electrons. The van der Waals surface area contributed by atoms with E-state index in [-0.39, 0.29) is 5.91 Å². The van der Waals surface area contributed by atoms with Gasteiger partial charge in [0.15, 0.2) is 5.96 Å². The molecule has 5 nitrogen and oxygen atoms in total. The lowest BCUT2D eigenvalue weighted by atomic mass is 10.1. The summed E-state index contributed by atoms with van der Waals surface area (Å²) in [5, 5.41) is 3.41. The molecule has 1 amide bonds. The number of fused-ring (bicyclic) bond motifs is 1. The Kier molecular flexibility index (Phi) is 6.69. The van der Waals surface area contributed by atoms with E-state index in [1.165, 1.54) is 11.3 Å². The van der Waals surface area contributed by atoms with Crippen LogP contribution < -0.4 is 10.2 Å². The maximum Gasteiger partial charge on any atom is 0.253 e. The number of hydrogen-bond acceptors (Lipinski definition) is 2. The fraction of sp³-hybridized carbons (Fsp3) is 0.391. The minimum Gasteiger partial charge on any atom is -0.356 e. The van der Waals surface area contributed by atoms with Crippen molar-refractivity contribution in [1.82, 2.24) is 10.2 Å². The molecule has 5 heteroatoms. The lowest BCUT2D eigenvalue weighted by molar-refractivity contribution is 0.0773. The number of carbonyl (C=O) groups is 1. The summed E-state index contributed by atoms with van der Waals surface area (Å²) in [6.45, 7) is 9.91. The molecular formula is C23H30N4O. The highest BCUT2D eigenvalue weighted by Gasteiger charge is 2.22. The minimum absolute atomic E-state index is 0.0852. The molecule has 2 aromatic rings. The molecule has 1 N–H and O–H groups in total. The molecule has 0 saturated carbocycles. The first-order valence-corrected chi connectivity index (χ1v) is 10.2. The summed E-state index contributed by atoms with van der Waals surface area (Å²) in [6, 6.07) is 16.3. The highest BCUT2D eigenvalue weighted by Crippen LogP contribution is 2.27. The Hall–Kier alpha value is -2.82. The van der Waals surface area contributed by atoms with Crippen LogP contribution in [-0.2, 0) is 13.0 Å². The van der Waals surface area contributed by atoms with Gasteiger partial charge in [-0.1, -0.05) is 30.3 Å². The molecule has 0 saturated heterocycles. The van der Waals surface area contributed by atoms with Crippen LogP contribution in [0.5, 0.6) is 0 Å². The summed E-state index contributed by atoms with van der Waals surface area (Å²) in [5.74, 6) is 0.998. The Balaban J connectivity index is 1.73. The van der Waals surface area contributed by atoms with E-state index in [0.29, 0.717) is 6.54 Å². The summed E-state index contributed by atoms with van der Waals surface area (Å²) in [5.41, 5.74) is 4.44. The van der Waals surface area contributed by atoms with Crippen molar-refractivity contribution in [3.05, 3.63) is 65.2 Å². The van der Waals surface area contributed by atoms with E-state index in [1.54, 1.807) is 0 Å². The van der Waals surface area contributed by atoms with Crippen molar-refractivity contribution in [3.8, 4) is 0 Å². The van der Waals surface area contributed by atoms with Crippen LogP contribution in [0.3, 0.4) is 0 Å². The number of aliphatic imine (C=N–C) groups is 1. The van der Waals surface area contributed by atoms with Crippen molar-refractivity contribution >= 4 is 17.6 Å². The van der Waals surface area contributed by atoms with Gasteiger partial charge in [-0.2, -0.15) is 0 Å². The fourth-order valence-electron chi connectivity index (χ4n) is 3.57. The number of anilines is 1. The number of nitrogens with zero attached hydrogens (tertiary/aromatic N) is 3. The highest BCUT2D eigenvalue weighted by molar-refractivity contribution is 5.98. The van der Waals surface area contributed by atoms with Gasteiger partial charge < -0.3 is 15.1 Å². The second-order valence-corrected chi connectivity index (χ2v) is 6.87. The Morgan fingerprint density at radius 2 is 1.79 bits per heavy atom. The molecule has 0 fully saturated rings. The molecule has 0 bridgehead atoms. The largest absolute Gasteiger partial charge is 0.356 e. The summed E-state index contributed by atoms with van der Waals surface area (Å²) in [4.78, 5) is 21.4. The van der Waals surface area contributed by atoms with Crippen LogP contribution in [0.25, 0.3) is 0 Å². The average Bonchev–Trinajstić information content (AvgIpc) is 3.16. The highest BCUT2D eigenvalue weighted by atomic mass is 16.2. The summed E-state index contributed by atoms with van der Waals surface area (Å²) in [6.07, 6.45) is 1.04. The van der Waals surface area contributed by atoms with Gasteiger partial charge >= 0.3 is 0 Å². The first-order chi connectivity index (χ1) is 13.7. The lowest BCUT2D eigenvalue weighted by Gasteiger charge is -2.22. The van der Waals surface area contributed by atoms with Crippen molar-refractivity contribution in [2.45, 2.75) is 33.7 Å². The molecule has 3 rings (SSSR count). The van der Waals surface area contributed by atoms with Gasteiger partial charge in [-0.3, -0.25) is 4.79 Å². The fourth-order valence-corrected chi connectivity index (χ4v) is 3.57. The van der Waals surface area contributed by atoms with E-state index in [4.69, 9.17) is 4.99 Å². The molecule has 1 heterocycles. The summed E-state index contributed by atoms with van der Waals surface area (Å²) in [7, 11) is 0. The van der Waals surface area contributed by atoms with Gasteiger partial charge in [-0.15, -0.1) is 0 Å². The molecule has 2 aromatic carbocycles. The Labute approximate surface area is 168 Å². The maximum absolute atomic E-state index is 12.4. The molecule has 28 heavy (non-hydrogen) atoms. The van der Waals surface area contributed by atoms with Crippen molar-refractivity contribution in [1.29, 1.82) is 0 Å². The third-order valence-corrected chi connectivity index (χ3v) is 5.14. The molecular weight excluding hydrogens is 348 g/mol. The Morgan fingerprint density at radius 1 is 1.07 bits per heavy atom. The molecule has 1 aliphatic rings. The monoisotopic (exact) mass is 378 g/mol. The number of carbonyl (C=O) groups excluding carboxylic acids is 1. The molecule has 148 valence electrons. The second-order valence-electron chi connectivity index (χ2n) is 6.87. The normalized spacial score (nSPS) is 13.4. The zero-order valence-corrected chi connectivity index (χ0v) is 17.1. The third-order valence-electron chi connectivity index (χ3n) is 5.14. The van der Waals surface area contributed by atoms with Crippen LogP contribution in [0.4, 0.5) is 5.69 Å². The van der Waals surface area contributed by atoms with Crippen LogP contribution in [0.15, 0.2) is 53.5 Å². The van der Waals surface area contributed by atoms with Gasteiger partial charge in [0.25, 0.3) is 5.91 Å². The van der Waals surface area contributed by atoms with Crippen molar-refractivity contribution < 1.29 is 4.79 Å². The van der Waals surface area contributed by atoms with Gasteiger partial charge in [0, 0.05) is 37.4 Å². The molecule has 0 aromatic heterocycles. The zero-order chi connectivity index (χ0) is 19.9. The molecule has 1 aliphatic heterocycles. The topological polar surface area (TPSA) is 47.9 Å². The van der Waals surface area contributed by atoms with Gasteiger partial charge in [-0.05, 0) is 56.5 Å². The SMILES string of the molecule is CCNC(=NCc1ccc(C(=O)N(CC)CC)cc1)N1CCc2ccccc21. The molecule has 0 atom stereocenters. The Bertz CT molecular complexity index is 825. The standard InChI is InChI=1S/C23H30N4O/c1-4-24-23(27-16-15-19-9-7-8-10-21(19)27)25-17-18-11-13-20(14-12-18)22(28)26(5-2)6-3/h7-14H,4-6,15-17H2,1-3H3,(H,24,25). The predicted octanol–water partition coefficient (Wildman–Crippen LogP) is 3.70. The van der Waals surface area contributed by atoms with Crippen LogP contribution in [0.1, 0.15) is 42.3 Å². The van der Waals surface area contributed by atoms with Crippen LogP contribution >= 0.6 is 0 Å². The second kappa shape index (κ2) is 9.40.